The maximum absolute atomic E-state index is 12.9. The van der Waals surface area contributed by atoms with Crippen LogP contribution in [0, 0.1) is 6.92 Å². The van der Waals surface area contributed by atoms with Gasteiger partial charge in [-0.3, -0.25) is 0 Å². The van der Waals surface area contributed by atoms with Crippen molar-refractivity contribution in [3.8, 4) is 0 Å². The molecule has 4 rings (SSSR count). The quantitative estimate of drug-likeness (QED) is 0.680. The number of aromatic amines is 1. The number of nitrogens with zero attached hydrogens (tertiary/aromatic N) is 1. The molecule has 3 aromatic rings. The fraction of sp³-hybridized carbons (Fsp3) is 0.286. The number of hydrogen-bond acceptors (Lipinski definition) is 1. The van der Waals surface area contributed by atoms with Crippen molar-refractivity contribution in [2.24, 2.45) is 0 Å². The van der Waals surface area contributed by atoms with Gasteiger partial charge in [-0.25, -0.2) is 4.79 Å². The first-order valence-electron chi connectivity index (χ1n) is 8.91. The summed E-state index contributed by atoms with van der Waals surface area (Å²) in [7, 11) is 0. The van der Waals surface area contributed by atoms with E-state index in [1.807, 2.05) is 42.2 Å². The monoisotopic (exact) mass is 333 g/mol. The summed E-state index contributed by atoms with van der Waals surface area (Å²) < 4.78 is 0. The molecule has 0 saturated heterocycles. The standard InChI is InChI=1S/C21H23N3O/c1-3-19-20-17(16-9-4-5-10-18(16)23-20)11-12-24(19)21(25)22-15-8-6-7-14(2)13-15/h4-10,13,19,23H,3,11-12H2,1-2H3,(H,22,25). The van der Waals surface area contributed by atoms with Crippen molar-refractivity contribution in [2.45, 2.75) is 32.7 Å². The average molecular weight is 333 g/mol. The molecule has 0 radical (unpaired) electrons. The van der Waals surface area contributed by atoms with E-state index in [0.29, 0.717) is 0 Å². The summed E-state index contributed by atoms with van der Waals surface area (Å²) in [5.41, 5.74) is 5.70. The third-order valence-corrected chi connectivity index (χ3v) is 5.08. The smallest absolute Gasteiger partial charge is 0.322 e. The van der Waals surface area contributed by atoms with E-state index in [4.69, 9.17) is 0 Å². The molecule has 0 saturated carbocycles. The number of anilines is 1. The first-order chi connectivity index (χ1) is 12.2. The second-order valence-electron chi connectivity index (χ2n) is 6.73. The van der Waals surface area contributed by atoms with Crippen molar-refractivity contribution in [1.82, 2.24) is 9.88 Å². The van der Waals surface area contributed by atoms with E-state index in [0.717, 1.165) is 36.2 Å². The number of H-pyrrole nitrogens is 1. The van der Waals surface area contributed by atoms with E-state index in [9.17, 15) is 4.79 Å². The highest BCUT2D eigenvalue weighted by molar-refractivity contribution is 5.91. The SMILES string of the molecule is CCC1c2[nH]c3ccccc3c2CCN1C(=O)Nc1cccc(C)c1. The molecule has 2 N–H and O–H groups in total. The Morgan fingerprint density at radius 3 is 2.88 bits per heavy atom. The highest BCUT2D eigenvalue weighted by Crippen LogP contribution is 2.36. The highest BCUT2D eigenvalue weighted by atomic mass is 16.2. The van der Waals surface area contributed by atoms with Gasteiger partial charge in [0.2, 0.25) is 0 Å². The molecule has 1 unspecified atom stereocenters. The largest absolute Gasteiger partial charge is 0.356 e. The summed E-state index contributed by atoms with van der Waals surface area (Å²) in [6.07, 6.45) is 1.78. The number of para-hydroxylation sites is 1. The van der Waals surface area contributed by atoms with Crippen molar-refractivity contribution >= 4 is 22.6 Å². The zero-order valence-electron chi connectivity index (χ0n) is 14.7. The van der Waals surface area contributed by atoms with Crippen molar-refractivity contribution in [2.75, 3.05) is 11.9 Å². The molecule has 4 nitrogen and oxygen atoms in total. The van der Waals surface area contributed by atoms with Gasteiger partial charge in [-0.2, -0.15) is 0 Å². The number of amides is 2. The average Bonchev–Trinajstić information content (AvgIpc) is 2.99. The number of urea groups is 1. The van der Waals surface area contributed by atoms with Gasteiger partial charge in [0.15, 0.2) is 0 Å². The van der Waals surface area contributed by atoms with Crippen molar-refractivity contribution < 1.29 is 4.79 Å². The molecule has 0 bridgehead atoms. The second-order valence-corrected chi connectivity index (χ2v) is 6.73. The first kappa shape index (κ1) is 15.8. The third kappa shape index (κ3) is 2.78. The third-order valence-electron chi connectivity index (χ3n) is 5.08. The summed E-state index contributed by atoms with van der Waals surface area (Å²) in [5.74, 6) is 0. The number of nitrogens with one attached hydrogen (secondary N) is 2. The number of hydrogen-bond donors (Lipinski definition) is 2. The number of carbonyl (C=O) groups excluding carboxylic acids is 1. The first-order valence-corrected chi connectivity index (χ1v) is 8.91. The van der Waals surface area contributed by atoms with Crippen LogP contribution in [-0.4, -0.2) is 22.5 Å². The van der Waals surface area contributed by atoms with Gasteiger partial charge in [0.25, 0.3) is 0 Å². The molecule has 2 amide bonds. The maximum atomic E-state index is 12.9. The molecule has 128 valence electrons. The van der Waals surface area contributed by atoms with Crippen LogP contribution in [0.4, 0.5) is 10.5 Å². The van der Waals surface area contributed by atoms with E-state index in [2.05, 4.69) is 35.4 Å². The number of rotatable bonds is 2. The molecular formula is C21H23N3O. The van der Waals surface area contributed by atoms with E-state index in [1.165, 1.54) is 16.6 Å². The number of benzene rings is 2. The van der Waals surface area contributed by atoms with Crippen LogP contribution in [0.2, 0.25) is 0 Å². The van der Waals surface area contributed by atoms with Gasteiger partial charge in [0, 0.05) is 28.8 Å². The molecule has 1 aliphatic rings. The molecule has 25 heavy (non-hydrogen) atoms. The van der Waals surface area contributed by atoms with E-state index < -0.39 is 0 Å². The van der Waals surface area contributed by atoms with Gasteiger partial charge in [-0.15, -0.1) is 0 Å². The van der Waals surface area contributed by atoms with Crippen LogP contribution < -0.4 is 5.32 Å². The van der Waals surface area contributed by atoms with Gasteiger partial charge in [0.1, 0.15) is 0 Å². The Kier molecular flexibility index (Phi) is 3.96. The van der Waals surface area contributed by atoms with Crippen molar-refractivity contribution in [3.05, 3.63) is 65.4 Å². The Morgan fingerprint density at radius 1 is 1.24 bits per heavy atom. The number of aryl methyl sites for hydroxylation is 1. The fourth-order valence-corrected chi connectivity index (χ4v) is 3.90. The lowest BCUT2D eigenvalue weighted by molar-refractivity contribution is 0.179. The molecule has 0 aliphatic carbocycles. The molecule has 1 aromatic heterocycles. The van der Waals surface area contributed by atoms with Crippen LogP contribution in [0.5, 0.6) is 0 Å². The normalized spacial score (nSPS) is 16.7. The van der Waals surface area contributed by atoms with Crippen LogP contribution in [0.25, 0.3) is 10.9 Å². The van der Waals surface area contributed by atoms with Crippen molar-refractivity contribution in [1.29, 1.82) is 0 Å². The lowest BCUT2D eigenvalue weighted by Crippen LogP contribution is -2.42. The molecule has 1 aliphatic heterocycles. The number of carbonyl (C=O) groups is 1. The van der Waals surface area contributed by atoms with Crippen LogP contribution in [-0.2, 0) is 6.42 Å². The summed E-state index contributed by atoms with van der Waals surface area (Å²) in [6, 6.07) is 16.4. The molecule has 2 heterocycles. The zero-order valence-corrected chi connectivity index (χ0v) is 14.7. The molecule has 0 spiro atoms. The minimum Gasteiger partial charge on any atom is -0.356 e. The maximum Gasteiger partial charge on any atom is 0.322 e. The van der Waals surface area contributed by atoms with Gasteiger partial charge in [-0.05, 0) is 49.1 Å². The number of fused-ring (bicyclic) bond motifs is 3. The molecule has 0 fully saturated rings. The predicted molar refractivity (Wildman–Crippen MR) is 102 cm³/mol. The summed E-state index contributed by atoms with van der Waals surface area (Å²) in [4.78, 5) is 18.4. The summed E-state index contributed by atoms with van der Waals surface area (Å²) in [6.45, 7) is 4.91. The van der Waals surface area contributed by atoms with Crippen LogP contribution in [0.3, 0.4) is 0 Å². The van der Waals surface area contributed by atoms with Gasteiger partial charge < -0.3 is 15.2 Å². The highest BCUT2D eigenvalue weighted by Gasteiger charge is 2.32. The minimum absolute atomic E-state index is 0.0262. The van der Waals surface area contributed by atoms with E-state index >= 15 is 0 Å². The van der Waals surface area contributed by atoms with Gasteiger partial charge in [-0.1, -0.05) is 37.3 Å². The Hall–Kier alpha value is -2.75. The lowest BCUT2D eigenvalue weighted by atomic mass is 9.96. The Morgan fingerprint density at radius 2 is 2.08 bits per heavy atom. The van der Waals surface area contributed by atoms with Crippen LogP contribution in [0.15, 0.2) is 48.5 Å². The number of aromatic nitrogens is 1. The summed E-state index contributed by atoms with van der Waals surface area (Å²) in [5, 5.41) is 4.34. The molecule has 4 heteroatoms. The lowest BCUT2D eigenvalue weighted by Gasteiger charge is -2.35. The minimum atomic E-state index is -0.0262. The fourth-order valence-electron chi connectivity index (χ4n) is 3.90. The van der Waals surface area contributed by atoms with Crippen LogP contribution in [0.1, 0.15) is 36.2 Å². The summed E-state index contributed by atoms with van der Waals surface area (Å²) >= 11 is 0. The zero-order chi connectivity index (χ0) is 17.4. The van der Waals surface area contributed by atoms with Crippen LogP contribution >= 0.6 is 0 Å². The van der Waals surface area contributed by atoms with E-state index in [1.54, 1.807) is 0 Å². The molecular weight excluding hydrogens is 310 g/mol. The van der Waals surface area contributed by atoms with Gasteiger partial charge >= 0.3 is 6.03 Å². The Balaban J connectivity index is 1.64. The molecule has 2 aromatic carbocycles. The Labute approximate surface area is 147 Å². The second kappa shape index (κ2) is 6.28. The Bertz CT molecular complexity index is 928. The van der Waals surface area contributed by atoms with Crippen molar-refractivity contribution in [3.63, 3.8) is 0 Å². The van der Waals surface area contributed by atoms with E-state index in [-0.39, 0.29) is 12.1 Å². The topological polar surface area (TPSA) is 48.1 Å². The van der Waals surface area contributed by atoms with Gasteiger partial charge in [0.05, 0.1) is 6.04 Å². The molecule has 1 atom stereocenters. The predicted octanol–water partition coefficient (Wildman–Crippen LogP) is 5.02.